The molecular weight excluding hydrogens is 228 g/mol. The van der Waals surface area contributed by atoms with E-state index in [1.54, 1.807) is 0 Å². The predicted molar refractivity (Wildman–Crippen MR) is 72.6 cm³/mol. The van der Waals surface area contributed by atoms with Gasteiger partial charge < -0.3 is 9.16 Å². The lowest BCUT2D eigenvalue weighted by atomic mass is 9.85. The maximum absolute atomic E-state index is 6.39. The average Bonchev–Trinajstić information content (AvgIpc) is 2.24. The molecule has 3 heteroatoms. The minimum absolute atomic E-state index is 0.0914. The molecule has 0 N–H and O–H groups in total. The molecule has 1 aromatic rings. The SMILES string of the molecule is CC[C@]1(O[Si](C)(C)C)CO[C@H]1c1ccccc1. The van der Waals surface area contributed by atoms with E-state index in [9.17, 15) is 0 Å². The van der Waals surface area contributed by atoms with Gasteiger partial charge in [-0.2, -0.15) is 0 Å². The number of ether oxygens (including phenoxy) is 1. The molecule has 0 spiro atoms. The van der Waals surface area contributed by atoms with Gasteiger partial charge in [0, 0.05) is 0 Å². The molecule has 0 aromatic heterocycles. The van der Waals surface area contributed by atoms with E-state index in [0.717, 1.165) is 13.0 Å². The fourth-order valence-corrected chi connectivity index (χ4v) is 3.96. The first-order chi connectivity index (χ1) is 7.97. The zero-order valence-electron chi connectivity index (χ0n) is 11.2. The van der Waals surface area contributed by atoms with Crippen molar-refractivity contribution in [3.8, 4) is 0 Å². The Bertz CT molecular complexity index is 368. The largest absolute Gasteiger partial charge is 0.407 e. The Morgan fingerprint density at radius 2 is 1.94 bits per heavy atom. The van der Waals surface area contributed by atoms with E-state index in [2.05, 4.69) is 50.8 Å². The summed E-state index contributed by atoms with van der Waals surface area (Å²) in [4.78, 5) is 0. The van der Waals surface area contributed by atoms with Gasteiger partial charge in [0.2, 0.25) is 0 Å². The smallest absolute Gasteiger partial charge is 0.184 e. The molecule has 94 valence electrons. The van der Waals surface area contributed by atoms with Gasteiger partial charge in [0.25, 0.3) is 0 Å². The van der Waals surface area contributed by atoms with Crippen LogP contribution in [-0.4, -0.2) is 20.5 Å². The first-order valence-corrected chi connectivity index (χ1v) is 9.74. The van der Waals surface area contributed by atoms with Crippen molar-refractivity contribution in [1.82, 2.24) is 0 Å². The molecule has 1 aliphatic rings. The lowest BCUT2D eigenvalue weighted by molar-refractivity contribution is -0.232. The van der Waals surface area contributed by atoms with Crippen LogP contribution in [0.1, 0.15) is 25.0 Å². The summed E-state index contributed by atoms with van der Waals surface area (Å²) in [6.07, 6.45) is 1.12. The fraction of sp³-hybridized carbons (Fsp3) is 0.571. The van der Waals surface area contributed by atoms with E-state index in [1.807, 2.05) is 6.07 Å². The van der Waals surface area contributed by atoms with Crippen molar-refractivity contribution in [3.05, 3.63) is 35.9 Å². The predicted octanol–water partition coefficient (Wildman–Crippen LogP) is 3.76. The van der Waals surface area contributed by atoms with Crippen LogP contribution in [0.2, 0.25) is 19.6 Å². The van der Waals surface area contributed by atoms with Crippen LogP contribution in [0.5, 0.6) is 0 Å². The number of hydrogen-bond acceptors (Lipinski definition) is 2. The van der Waals surface area contributed by atoms with E-state index in [0.29, 0.717) is 0 Å². The minimum atomic E-state index is -1.54. The second kappa shape index (κ2) is 4.56. The maximum Gasteiger partial charge on any atom is 0.184 e. The van der Waals surface area contributed by atoms with Crippen LogP contribution in [-0.2, 0) is 9.16 Å². The topological polar surface area (TPSA) is 18.5 Å². The molecule has 2 rings (SSSR count). The van der Waals surface area contributed by atoms with Crippen molar-refractivity contribution in [3.63, 3.8) is 0 Å². The van der Waals surface area contributed by atoms with Crippen LogP contribution in [0.15, 0.2) is 30.3 Å². The average molecular weight is 250 g/mol. The van der Waals surface area contributed by atoms with Crippen LogP contribution in [0, 0.1) is 0 Å². The molecule has 1 fully saturated rings. The summed E-state index contributed by atoms with van der Waals surface area (Å²) in [7, 11) is -1.54. The highest BCUT2D eigenvalue weighted by atomic mass is 28.4. The first-order valence-electron chi connectivity index (χ1n) is 6.33. The Balaban J connectivity index is 2.20. The van der Waals surface area contributed by atoms with Crippen LogP contribution in [0.25, 0.3) is 0 Å². The number of rotatable bonds is 4. The van der Waals surface area contributed by atoms with Crippen molar-refractivity contribution in [2.45, 2.75) is 44.7 Å². The monoisotopic (exact) mass is 250 g/mol. The molecular formula is C14H22O2Si. The van der Waals surface area contributed by atoms with E-state index in [4.69, 9.17) is 9.16 Å². The number of hydrogen-bond donors (Lipinski definition) is 0. The van der Waals surface area contributed by atoms with Gasteiger partial charge in [-0.1, -0.05) is 37.3 Å². The summed E-state index contributed by atoms with van der Waals surface area (Å²) in [6, 6.07) is 10.4. The molecule has 1 heterocycles. The highest BCUT2D eigenvalue weighted by Gasteiger charge is 2.50. The molecule has 17 heavy (non-hydrogen) atoms. The van der Waals surface area contributed by atoms with Gasteiger partial charge in [-0.25, -0.2) is 0 Å². The first kappa shape index (κ1) is 12.8. The van der Waals surface area contributed by atoms with E-state index >= 15 is 0 Å². The molecule has 2 nitrogen and oxygen atoms in total. The standard InChI is InChI=1S/C14H22O2Si/c1-5-14(16-17(2,3)4)11-15-13(14)12-9-7-6-8-10-12/h6-10,13H,5,11H2,1-4H3/t13-,14-/m0/s1. The summed E-state index contributed by atoms with van der Waals surface area (Å²) < 4.78 is 12.2. The lowest BCUT2D eigenvalue weighted by Crippen LogP contribution is -2.58. The van der Waals surface area contributed by atoms with Gasteiger partial charge in [0.1, 0.15) is 11.7 Å². The summed E-state index contributed by atoms with van der Waals surface area (Å²) in [5.74, 6) is 0. The third kappa shape index (κ3) is 2.62. The molecule has 2 atom stereocenters. The molecule has 0 aliphatic carbocycles. The van der Waals surface area contributed by atoms with Gasteiger partial charge in [0.15, 0.2) is 8.32 Å². The van der Waals surface area contributed by atoms with E-state index < -0.39 is 8.32 Å². The molecule has 1 aromatic carbocycles. The summed E-state index contributed by atoms with van der Waals surface area (Å²) in [5, 5.41) is 0. The van der Waals surface area contributed by atoms with Gasteiger partial charge in [-0.3, -0.25) is 0 Å². The van der Waals surface area contributed by atoms with E-state index in [1.165, 1.54) is 5.56 Å². The van der Waals surface area contributed by atoms with Crippen LogP contribution >= 0.6 is 0 Å². The Labute approximate surface area is 105 Å². The Kier molecular flexibility index (Phi) is 3.43. The molecule has 0 unspecified atom stereocenters. The van der Waals surface area contributed by atoms with Crippen LogP contribution in [0.3, 0.4) is 0 Å². The second-order valence-corrected chi connectivity index (χ2v) is 10.2. The summed E-state index contributed by atoms with van der Waals surface area (Å²) in [6.45, 7) is 9.65. The third-order valence-corrected chi connectivity index (χ3v) is 4.20. The third-order valence-electron chi connectivity index (χ3n) is 3.18. The zero-order chi connectivity index (χ0) is 12.5. The van der Waals surface area contributed by atoms with Gasteiger partial charge in [-0.05, 0) is 31.6 Å². The Hall–Kier alpha value is -0.643. The quantitative estimate of drug-likeness (QED) is 0.758. The van der Waals surface area contributed by atoms with Crippen molar-refractivity contribution >= 4 is 8.32 Å². The van der Waals surface area contributed by atoms with Crippen molar-refractivity contribution < 1.29 is 9.16 Å². The zero-order valence-corrected chi connectivity index (χ0v) is 12.2. The second-order valence-electron chi connectivity index (χ2n) is 5.73. The highest BCUT2D eigenvalue weighted by molar-refractivity contribution is 6.69. The molecule has 0 saturated carbocycles. The molecule has 1 aliphatic heterocycles. The fourth-order valence-electron chi connectivity index (χ4n) is 2.43. The van der Waals surface area contributed by atoms with Gasteiger partial charge in [0.05, 0.1) is 6.61 Å². The molecule has 0 bridgehead atoms. The van der Waals surface area contributed by atoms with Crippen molar-refractivity contribution in [1.29, 1.82) is 0 Å². The normalized spacial score (nSPS) is 28.8. The highest BCUT2D eigenvalue weighted by Crippen LogP contribution is 2.45. The van der Waals surface area contributed by atoms with Crippen molar-refractivity contribution in [2.75, 3.05) is 6.61 Å². The summed E-state index contributed by atoms with van der Waals surface area (Å²) >= 11 is 0. The van der Waals surface area contributed by atoms with Gasteiger partial charge in [-0.15, -0.1) is 0 Å². The summed E-state index contributed by atoms with van der Waals surface area (Å²) in [5.41, 5.74) is 1.14. The Morgan fingerprint density at radius 1 is 1.29 bits per heavy atom. The van der Waals surface area contributed by atoms with E-state index in [-0.39, 0.29) is 11.7 Å². The van der Waals surface area contributed by atoms with Crippen LogP contribution in [0.4, 0.5) is 0 Å². The van der Waals surface area contributed by atoms with Crippen LogP contribution < -0.4 is 0 Å². The van der Waals surface area contributed by atoms with Gasteiger partial charge >= 0.3 is 0 Å². The lowest BCUT2D eigenvalue weighted by Gasteiger charge is -2.51. The number of benzene rings is 1. The molecule has 1 saturated heterocycles. The van der Waals surface area contributed by atoms with Crippen molar-refractivity contribution in [2.24, 2.45) is 0 Å². The minimum Gasteiger partial charge on any atom is -0.407 e. The molecule has 0 radical (unpaired) electrons. The maximum atomic E-state index is 6.39. The Morgan fingerprint density at radius 3 is 2.35 bits per heavy atom. The molecule has 0 amide bonds.